The maximum Gasteiger partial charge on any atom is 0.241 e. The van der Waals surface area contributed by atoms with Gasteiger partial charge in [0, 0.05) is 12.5 Å². The Balaban J connectivity index is 2.16. The van der Waals surface area contributed by atoms with Gasteiger partial charge in [0.25, 0.3) is 0 Å². The van der Waals surface area contributed by atoms with Crippen LogP contribution >= 0.6 is 0 Å². The highest BCUT2D eigenvalue weighted by Gasteiger charge is 2.25. The van der Waals surface area contributed by atoms with E-state index in [1.54, 1.807) is 0 Å². The zero-order valence-corrected chi connectivity index (χ0v) is 8.92. The topological polar surface area (TPSA) is 67.5 Å². The summed E-state index contributed by atoms with van der Waals surface area (Å²) >= 11 is 0. The SMILES string of the molecule is CC(C)CNC(=O)CN=C(N)C1CC1. The van der Waals surface area contributed by atoms with Crippen LogP contribution in [0.5, 0.6) is 0 Å². The van der Waals surface area contributed by atoms with E-state index in [-0.39, 0.29) is 12.5 Å². The number of hydrogen-bond donors (Lipinski definition) is 2. The molecule has 0 heterocycles. The van der Waals surface area contributed by atoms with Gasteiger partial charge in [-0.2, -0.15) is 0 Å². The van der Waals surface area contributed by atoms with Crippen LogP contribution in [0.3, 0.4) is 0 Å². The number of carbonyl (C=O) groups excluding carboxylic acids is 1. The van der Waals surface area contributed by atoms with Crippen molar-refractivity contribution >= 4 is 11.7 Å². The molecule has 0 aromatic rings. The summed E-state index contributed by atoms with van der Waals surface area (Å²) in [5, 5.41) is 2.80. The quantitative estimate of drug-likeness (QED) is 0.498. The Bertz CT molecular complexity index is 232. The summed E-state index contributed by atoms with van der Waals surface area (Å²) in [4.78, 5) is 15.3. The molecule has 0 aromatic heterocycles. The van der Waals surface area contributed by atoms with Gasteiger partial charge in [-0.25, -0.2) is 0 Å². The van der Waals surface area contributed by atoms with Crippen LogP contribution in [0.1, 0.15) is 26.7 Å². The van der Waals surface area contributed by atoms with E-state index < -0.39 is 0 Å². The number of nitrogens with zero attached hydrogens (tertiary/aromatic N) is 1. The van der Waals surface area contributed by atoms with Gasteiger partial charge < -0.3 is 11.1 Å². The molecule has 0 aromatic carbocycles. The van der Waals surface area contributed by atoms with E-state index in [0.717, 1.165) is 12.8 Å². The molecule has 1 aliphatic rings. The summed E-state index contributed by atoms with van der Waals surface area (Å²) in [6, 6.07) is 0. The van der Waals surface area contributed by atoms with E-state index in [1.165, 1.54) is 0 Å². The third-order valence-electron chi connectivity index (χ3n) is 2.11. The van der Waals surface area contributed by atoms with E-state index >= 15 is 0 Å². The lowest BCUT2D eigenvalue weighted by Gasteiger charge is -2.05. The number of nitrogens with one attached hydrogen (secondary N) is 1. The van der Waals surface area contributed by atoms with Gasteiger partial charge in [-0.1, -0.05) is 13.8 Å². The Morgan fingerprint density at radius 3 is 2.71 bits per heavy atom. The van der Waals surface area contributed by atoms with E-state index in [9.17, 15) is 4.79 Å². The molecular weight excluding hydrogens is 178 g/mol. The zero-order valence-electron chi connectivity index (χ0n) is 8.92. The average Bonchev–Trinajstić information content (AvgIpc) is 2.93. The van der Waals surface area contributed by atoms with Crippen molar-refractivity contribution in [1.82, 2.24) is 5.32 Å². The van der Waals surface area contributed by atoms with Gasteiger partial charge in [-0.3, -0.25) is 9.79 Å². The number of aliphatic imine (C=N–C) groups is 1. The molecule has 0 atom stereocenters. The second kappa shape index (κ2) is 4.98. The Morgan fingerprint density at radius 1 is 1.57 bits per heavy atom. The van der Waals surface area contributed by atoms with Crippen molar-refractivity contribution in [3.8, 4) is 0 Å². The summed E-state index contributed by atoms with van der Waals surface area (Å²) in [7, 11) is 0. The first-order chi connectivity index (χ1) is 6.59. The zero-order chi connectivity index (χ0) is 10.6. The summed E-state index contributed by atoms with van der Waals surface area (Å²) in [5.74, 6) is 1.53. The molecule has 80 valence electrons. The van der Waals surface area contributed by atoms with E-state index in [1.807, 2.05) is 0 Å². The van der Waals surface area contributed by atoms with Crippen LogP contribution in [0.2, 0.25) is 0 Å². The number of rotatable bonds is 5. The van der Waals surface area contributed by atoms with Crippen molar-refractivity contribution in [2.45, 2.75) is 26.7 Å². The van der Waals surface area contributed by atoms with Gasteiger partial charge in [0.1, 0.15) is 6.54 Å². The lowest BCUT2D eigenvalue weighted by molar-refractivity contribution is -0.119. The van der Waals surface area contributed by atoms with Crippen molar-refractivity contribution < 1.29 is 4.79 Å². The van der Waals surface area contributed by atoms with Gasteiger partial charge in [-0.15, -0.1) is 0 Å². The number of carbonyl (C=O) groups is 1. The Hall–Kier alpha value is -1.06. The number of hydrogen-bond acceptors (Lipinski definition) is 2. The van der Waals surface area contributed by atoms with Crippen LogP contribution < -0.4 is 11.1 Å². The highest BCUT2D eigenvalue weighted by Crippen LogP contribution is 2.28. The van der Waals surface area contributed by atoms with E-state index in [2.05, 4.69) is 24.2 Å². The second-order valence-corrected chi connectivity index (χ2v) is 4.21. The van der Waals surface area contributed by atoms with Crippen molar-refractivity contribution in [3.63, 3.8) is 0 Å². The van der Waals surface area contributed by atoms with Crippen molar-refractivity contribution in [2.75, 3.05) is 13.1 Å². The van der Waals surface area contributed by atoms with Crippen LogP contribution in [0, 0.1) is 11.8 Å². The average molecular weight is 197 g/mol. The van der Waals surface area contributed by atoms with Crippen LogP contribution in [-0.2, 0) is 4.79 Å². The molecule has 1 fully saturated rings. The monoisotopic (exact) mass is 197 g/mol. The molecule has 1 saturated carbocycles. The summed E-state index contributed by atoms with van der Waals surface area (Å²) < 4.78 is 0. The normalized spacial score (nSPS) is 17.2. The summed E-state index contributed by atoms with van der Waals surface area (Å²) in [5.41, 5.74) is 5.65. The molecule has 1 aliphatic carbocycles. The standard InChI is InChI=1S/C10H19N3O/c1-7(2)5-12-9(14)6-13-10(11)8-3-4-8/h7-8H,3-6H2,1-2H3,(H2,11,13)(H,12,14). The minimum atomic E-state index is -0.0395. The Morgan fingerprint density at radius 2 is 2.21 bits per heavy atom. The fraction of sp³-hybridized carbons (Fsp3) is 0.800. The highest BCUT2D eigenvalue weighted by molar-refractivity contribution is 5.88. The second-order valence-electron chi connectivity index (χ2n) is 4.21. The van der Waals surface area contributed by atoms with Crippen molar-refractivity contribution in [1.29, 1.82) is 0 Å². The molecule has 1 rings (SSSR count). The molecule has 4 nitrogen and oxygen atoms in total. The molecule has 0 bridgehead atoms. The third kappa shape index (κ3) is 4.25. The van der Waals surface area contributed by atoms with Crippen LogP contribution in [-0.4, -0.2) is 24.8 Å². The molecule has 3 N–H and O–H groups in total. The minimum absolute atomic E-state index is 0.0395. The van der Waals surface area contributed by atoms with E-state index in [4.69, 9.17) is 5.73 Å². The third-order valence-corrected chi connectivity index (χ3v) is 2.11. The fourth-order valence-electron chi connectivity index (χ4n) is 1.05. The number of nitrogens with two attached hydrogens (primary N) is 1. The molecule has 0 aliphatic heterocycles. The molecule has 1 amide bonds. The first-order valence-electron chi connectivity index (χ1n) is 5.16. The lowest BCUT2D eigenvalue weighted by Crippen LogP contribution is -2.30. The molecule has 0 unspecified atom stereocenters. The highest BCUT2D eigenvalue weighted by atomic mass is 16.1. The summed E-state index contributed by atoms with van der Waals surface area (Å²) in [6.45, 7) is 5.00. The molecule has 0 radical (unpaired) electrons. The van der Waals surface area contributed by atoms with Crippen LogP contribution in [0.15, 0.2) is 4.99 Å². The largest absolute Gasteiger partial charge is 0.387 e. The predicted molar refractivity (Wildman–Crippen MR) is 57.1 cm³/mol. The predicted octanol–water partition coefficient (Wildman–Crippen LogP) is 0.526. The number of amides is 1. The maximum absolute atomic E-state index is 11.2. The Labute approximate surface area is 85.0 Å². The van der Waals surface area contributed by atoms with Gasteiger partial charge in [-0.05, 0) is 18.8 Å². The molecule has 0 saturated heterocycles. The van der Waals surface area contributed by atoms with Gasteiger partial charge in [0.2, 0.25) is 5.91 Å². The molecular formula is C10H19N3O. The van der Waals surface area contributed by atoms with Crippen LogP contribution in [0.25, 0.3) is 0 Å². The smallest absolute Gasteiger partial charge is 0.241 e. The van der Waals surface area contributed by atoms with Crippen molar-refractivity contribution in [3.05, 3.63) is 0 Å². The lowest BCUT2D eigenvalue weighted by atomic mass is 10.2. The molecule has 0 spiro atoms. The first-order valence-corrected chi connectivity index (χ1v) is 5.16. The van der Waals surface area contributed by atoms with E-state index in [0.29, 0.717) is 24.2 Å². The molecule has 14 heavy (non-hydrogen) atoms. The summed E-state index contributed by atoms with van der Waals surface area (Å²) in [6.07, 6.45) is 2.26. The van der Waals surface area contributed by atoms with Gasteiger partial charge in [0.15, 0.2) is 0 Å². The van der Waals surface area contributed by atoms with Crippen molar-refractivity contribution in [2.24, 2.45) is 22.6 Å². The Kier molecular flexibility index (Phi) is 3.92. The fourth-order valence-corrected chi connectivity index (χ4v) is 1.05. The van der Waals surface area contributed by atoms with Gasteiger partial charge in [0.05, 0.1) is 5.84 Å². The van der Waals surface area contributed by atoms with Crippen LogP contribution in [0.4, 0.5) is 0 Å². The number of amidine groups is 1. The minimum Gasteiger partial charge on any atom is -0.387 e. The van der Waals surface area contributed by atoms with Gasteiger partial charge >= 0.3 is 0 Å². The molecule has 4 heteroatoms. The first kappa shape index (κ1) is 11.0. The maximum atomic E-state index is 11.2.